The molecule has 0 saturated carbocycles. The van der Waals surface area contributed by atoms with Gasteiger partial charge in [-0.3, -0.25) is 5.43 Å². The van der Waals surface area contributed by atoms with Crippen LogP contribution in [0.4, 0.5) is 4.79 Å². The van der Waals surface area contributed by atoms with Crippen molar-refractivity contribution < 1.29 is 14.3 Å². The van der Waals surface area contributed by atoms with Crippen molar-refractivity contribution in [3.63, 3.8) is 0 Å². The van der Waals surface area contributed by atoms with Crippen molar-refractivity contribution in [3.8, 4) is 0 Å². The quantitative estimate of drug-likeness (QED) is 0.595. The zero-order valence-corrected chi connectivity index (χ0v) is 12.4. The Morgan fingerprint density at radius 1 is 1.20 bits per heavy atom. The van der Waals surface area contributed by atoms with Gasteiger partial charge in [0.05, 0.1) is 6.61 Å². The van der Waals surface area contributed by atoms with Crippen molar-refractivity contribution in [3.05, 3.63) is 35.9 Å². The molecule has 0 aliphatic rings. The molecule has 0 aliphatic heterocycles. The number of ether oxygens (including phenoxy) is 2. The van der Waals surface area contributed by atoms with Crippen LogP contribution in [0.15, 0.2) is 30.3 Å². The molecule has 1 rings (SSSR count). The van der Waals surface area contributed by atoms with Gasteiger partial charge in [-0.1, -0.05) is 30.3 Å². The van der Waals surface area contributed by atoms with Gasteiger partial charge in [-0.25, -0.2) is 10.2 Å². The summed E-state index contributed by atoms with van der Waals surface area (Å²) in [5, 5.41) is 0. The van der Waals surface area contributed by atoms with E-state index in [0.717, 1.165) is 12.0 Å². The second kappa shape index (κ2) is 8.55. The van der Waals surface area contributed by atoms with Gasteiger partial charge in [0, 0.05) is 13.2 Å². The van der Waals surface area contributed by atoms with Crippen LogP contribution in [0.1, 0.15) is 32.8 Å². The molecule has 5 heteroatoms. The lowest BCUT2D eigenvalue weighted by Crippen LogP contribution is -2.41. The molecule has 20 heavy (non-hydrogen) atoms. The van der Waals surface area contributed by atoms with Gasteiger partial charge in [0.1, 0.15) is 5.60 Å². The summed E-state index contributed by atoms with van der Waals surface area (Å²) in [4.78, 5) is 11.3. The number of amides is 1. The highest BCUT2D eigenvalue weighted by Crippen LogP contribution is 2.05. The molecule has 0 aromatic heterocycles. The van der Waals surface area contributed by atoms with E-state index < -0.39 is 11.7 Å². The minimum Gasteiger partial charge on any atom is -0.443 e. The fraction of sp³-hybridized carbons (Fsp3) is 0.533. The fourth-order valence-electron chi connectivity index (χ4n) is 1.47. The van der Waals surface area contributed by atoms with Gasteiger partial charge in [-0.15, -0.1) is 0 Å². The summed E-state index contributed by atoms with van der Waals surface area (Å²) in [6, 6.07) is 10.0. The van der Waals surface area contributed by atoms with Crippen LogP contribution in [0.5, 0.6) is 0 Å². The van der Waals surface area contributed by atoms with E-state index in [1.165, 1.54) is 0 Å². The lowest BCUT2D eigenvalue weighted by Gasteiger charge is -2.19. The molecule has 0 aliphatic carbocycles. The summed E-state index contributed by atoms with van der Waals surface area (Å²) in [5.41, 5.74) is 5.96. The molecule has 2 N–H and O–H groups in total. The van der Waals surface area contributed by atoms with Gasteiger partial charge < -0.3 is 9.47 Å². The minimum atomic E-state index is -0.482. The Morgan fingerprint density at radius 3 is 2.55 bits per heavy atom. The molecule has 1 aromatic rings. The van der Waals surface area contributed by atoms with Crippen molar-refractivity contribution >= 4 is 6.09 Å². The molecular weight excluding hydrogens is 256 g/mol. The Bertz CT molecular complexity index is 388. The highest BCUT2D eigenvalue weighted by molar-refractivity contribution is 5.66. The number of carbonyl (C=O) groups is 1. The first-order chi connectivity index (χ1) is 9.47. The minimum absolute atomic E-state index is 0.470. The van der Waals surface area contributed by atoms with Gasteiger partial charge in [0.15, 0.2) is 0 Å². The maximum Gasteiger partial charge on any atom is 0.422 e. The standard InChI is InChI=1S/C15H24N2O3/c1-15(2,3)20-14(18)17-16-10-7-11-19-12-13-8-5-4-6-9-13/h4-6,8-9,16H,7,10-12H2,1-3H3,(H,17,18). The lowest BCUT2D eigenvalue weighted by atomic mass is 10.2. The van der Waals surface area contributed by atoms with Crippen LogP contribution in [0, 0.1) is 0 Å². The van der Waals surface area contributed by atoms with Crippen molar-refractivity contribution in [2.75, 3.05) is 13.2 Å². The van der Waals surface area contributed by atoms with E-state index in [4.69, 9.17) is 9.47 Å². The van der Waals surface area contributed by atoms with Crippen LogP contribution in [-0.2, 0) is 16.1 Å². The third kappa shape index (κ3) is 8.50. The first-order valence-corrected chi connectivity index (χ1v) is 6.81. The molecule has 0 radical (unpaired) electrons. The smallest absolute Gasteiger partial charge is 0.422 e. The molecule has 1 amide bonds. The summed E-state index contributed by atoms with van der Waals surface area (Å²) in [6.07, 6.45) is 0.338. The van der Waals surface area contributed by atoms with Gasteiger partial charge >= 0.3 is 6.09 Å². The van der Waals surface area contributed by atoms with Gasteiger partial charge in [0.25, 0.3) is 0 Å². The highest BCUT2D eigenvalue weighted by Gasteiger charge is 2.15. The number of carbonyl (C=O) groups excluding carboxylic acids is 1. The van der Waals surface area contributed by atoms with E-state index in [1.807, 2.05) is 51.1 Å². The fourth-order valence-corrected chi connectivity index (χ4v) is 1.47. The average Bonchev–Trinajstić information content (AvgIpc) is 2.37. The van der Waals surface area contributed by atoms with E-state index in [1.54, 1.807) is 0 Å². The monoisotopic (exact) mass is 280 g/mol. The molecule has 1 aromatic carbocycles. The molecule has 0 heterocycles. The van der Waals surface area contributed by atoms with Crippen molar-refractivity contribution in [2.45, 2.75) is 39.4 Å². The first-order valence-electron chi connectivity index (χ1n) is 6.81. The number of hydrazine groups is 1. The van der Waals surface area contributed by atoms with Crippen molar-refractivity contribution in [2.24, 2.45) is 0 Å². The Hall–Kier alpha value is -1.59. The third-order valence-electron chi connectivity index (χ3n) is 2.29. The molecule has 0 spiro atoms. The topological polar surface area (TPSA) is 59.6 Å². The normalized spacial score (nSPS) is 11.2. The predicted octanol–water partition coefficient (Wildman–Crippen LogP) is 2.62. The number of hydrogen-bond acceptors (Lipinski definition) is 4. The maximum absolute atomic E-state index is 11.3. The third-order valence-corrected chi connectivity index (χ3v) is 2.29. The van der Waals surface area contributed by atoms with Crippen LogP contribution in [-0.4, -0.2) is 24.8 Å². The predicted molar refractivity (Wildman–Crippen MR) is 78.1 cm³/mol. The number of nitrogens with one attached hydrogen (secondary N) is 2. The first kappa shape index (κ1) is 16.5. The average molecular weight is 280 g/mol. The van der Waals surface area contributed by atoms with Crippen LogP contribution in [0.3, 0.4) is 0 Å². The van der Waals surface area contributed by atoms with Gasteiger partial charge in [-0.05, 0) is 32.8 Å². The van der Waals surface area contributed by atoms with E-state index in [9.17, 15) is 4.79 Å². The molecule has 0 fully saturated rings. The molecule has 0 bridgehead atoms. The van der Waals surface area contributed by atoms with Crippen LogP contribution in [0.25, 0.3) is 0 Å². The van der Waals surface area contributed by atoms with E-state index >= 15 is 0 Å². The molecule has 0 unspecified atom stereocenters. The zero-order valence-electron chi connectivity index (χ0n) is 12.4. The second-order valence-corrected chi connectivity index (χ2v) is 5.45. The number of rotatable bonds is 7. The second-order valence-electron chi connectivity index (χ2n) is 5.45. The maximum atomic E-state index is 11.3. The van der Waals surface area contributed by atoms with Crippen molar-refractivity contribution in [1.82, 2.24) is 10.9 Å². The highest BCUT2D eigenvalue weighted by atomic mass is 16.6. The Kier molecular flexibility index (Phi) is 7.04. The summed E-state index contributed by atoms with van der Waals surface area (Å²) < 4.78 is 10.6. The molecule has 0 saturated heterocycles. The van der Waals surface area contributed by atoms with Gasteiger partial charge in [0.2, 0.25) is 0 Å². The van der Waals surface area contributed by atoms with Gasteiger partial charge in [-0.2, -0.15) is 0 Å². The number of benzene rings is 1. The molecule has 5 nitrogen and oxygen atoms in total. The SMILES string of the molecule is CC(C)(C)OC(=O)NNCCCOCc1ccccc1. The largest absolute Gasteiger partial charge is 0.443 e. The van der Waals surface area contributed by atoms with E-state index in [-0.39, 0.29) is 0 Å². The Labute approximate surface area is 120 Å². The zero-order chi connectivity index (χ0) is 14.8. The Balaban J connectivity index is 1.96. The van der Waals surface area contributed by atoms with E-state index in [0.29, 0.717) is 19.8 Å². The molecular formula is C15H24N2O3. The van der Waals surface area contributed by atoms with Crippen LogP contribution < -0.4 is 10.9 Å². The molecule has 0 atom stereocenters. The lowest BCUT2D eigenvalue weighted by molar-refractivity contribution is 0.0494. The summed E-state index contributed by atoms with van der Waals surface area (Å²) in [7, 11) is 0. The summed E-state index contributed by atoms with van der Waals surface area (Å²) >= 11 is 0. The summed E-state index contributed by atoms with van der Waals surface area (Å²) in [5.74, 6) is 0. The molecule has 112 valence electrons. The summed E-state index contributed by atoms with van der Waals surface area (Å²) in [6.45, 7) is 7.35. The van der Waals surface area contributed by atoms with Crippen LogP contribution >= 0.6 is 0 Å². The van der Waals surface area contributed by atoms with Crippen molar-refractivity contribution in [1.29, 1.82) is 0 Å². The Morgan fingerprint density at radius 2 is 1.90 bits per heavy atom. The van der Waals surface area contributed by atoms with Crippen LogP contribution in [0.2, 0.25) is 0 Å². The van der Waals surface area contributed by atoms with E-state index in [2.05, 4.69) is 10.9 Å². The number of hydrogen-bond donors (Lipinski definition) is 2.